The van der Waals surface area contributed by atoms with Crippen molar-refractivity contribution >= 4 is 63.5 Å². The van der Waals surface area contributed by atoms with Crippen molar-refractivity contribution < 1.29 is 4.79 Å². The largest absolute Gasteiger partial charge is 0.321 e. The number of nitriles is 1. The lowest BCUT2D eigenvalue weighted by Crippen LogP contribution is -2.13. The number of anilines is 1. The van der Waals surface area contributed by atoms with Gasteiger partial charge in [-0.05, 0) is 96.6 Å². The Kier molecular flexibility index (Phi) is 6.68. The van der Waals surface area contributed by atoms with Crippen LogP contribution in [-0.2, 0) is 4.79 Å². The normalized spacial score (nSPS) is 11.2. The SMILES string of the molecule is Cc1cc(/C=C(\C#N)C(=O)Nc2ccc(I)cc2)c(C)n1-c1ccc(Cl)c(Cl)c1. The second-order valence-electron chi connectivity index (χ2n) is 6.39. The van der Waals surface area contributed by atoms with Gasteiger partial charge in [0.25, 0.3) is 5.91 Å². The van der Waals surface area contributed by atoms with Gasteiger partial charge in [0.15, 0.2) is 0 Å². The first-order valence-corrected chi connectivity index (χ1v) is 10.5. The van der Waals surface area contributed by atoms with Crippen molar-refractivity contribution in [2.75, 3.05) is 5.32 Å². The number of carbonyl (C=O) groups excluding carboxylic acids is 1. The Morgan fingerprint density at radius 2 is 1.79 bits per heavy atom. The third kappa shape index (κ3) is 4.84. The minimum Gasteiger partial charge on any atom is -0.321 e. The van der Waals surface area contributed by atoms with Crippen LogP contribution in [-0.4, -0.2) is 10.5 Å². The Balaban J connectivity index is 1.94. The van der Waals surface area contributed by atoms with Gasteiger partial charge in [0, 0.05) is 26.3 Å². The molecule has 0 saturated carbocycles. The van der Waals surface area contributed by atoms with Crippen molar-refractivity contribution in [3.63, 3.8) is 0 Å². The fraction of sp³-hybridized carbons (Fsp3) is 0.0909. The van der Waals surface area contributed by atoms with Crippen molar-refractivity contribution in [2.24, 2.45) is 0 Å². The molecule has 3 rings (SSSR count). The van der Waals surface area contributed by atoms with Crippen LogP contribution in [0.3, 0.4) is 0 Å². The van der Waals surface area contributed by atoms with Gasteiger partial charge in [-0.15, -0.1) is 0 Å². The lowest BCUT2D eigenvalue weighted by Gasteiger charge is -2.10. The first-order chi connectivity index (χ1) is 13.8. The van der Waals surface area contributed by atoms with E-state index >= 15 is 0 Å². The molecule has 1 aromatic heterocycles. The molecule has 0 unspecified atom stereocenters. The maximum Gasteiger partial charge on any atom is 0.266 e. The van der Waals surface area contributed by atoms with Gasteiger partial charge in [0.05, 0.1) is 10.0 Å². The summed E-state index contributed by atoms with van der Waals surface area (Å²) in [4.78, 5) is 12.5. The number of nitrogens with zero attached hydrogens (tertiary/aromatic N) is 2. The van der Waals surface area contributed by atoms with E-state index in [1.807, 2.05) is 48.7 Å². The molecule has 2 aromatic carbocycles. The summed E-state index contributed by atoms with van der Waals surface area (Å²) in [5, 5.41) is 13.2. The van der Waals surface area contributed by atoms with Crippen LogP contribution < -0.4 is 5.32 Å². The minimum absolute atomic E-state index is 0.0259. The number of halogens is 3. The number of benzene rings is 2. The molecule has 0 spiro atoms. The molecule has 0 fully saturated rings. The van der Waals surface area contributed by atoms with Crippen LogP contribution in [0.15, 0.2) is 54.1 Å². The summed E-state index contributed by atoms with van der Waals surface area (Å²) in [7, 11) is 0. The molecule has 0 aliphatic carbocycles. The first-order valence-electron chi connectivity index (χ1n) is 8.63. The van der Waals surface area contributed by atoms with E-state index in [4.69, 9.17) is 23.2 Å². The number of aromatic nitrogens is 1. The molecule has 4 nitrogen and oxygen atoms in total. The Labute approximate surface area is 192 Å². The second-order valence-corrected chi connectivity index (χ2v) is 8.45. The molecule has 0 aliphatic heterocycles. The van der Waals surface area contributed by atoms with Gasteiger partial charge in [0.1, 0.15) is 11.6 Å². The Hall–Kier alpha value is -2.27. The maximum atomic E-state index is 12.5. The molecule has 0 bridgehead atoms. The van der Waals surface area contributed by atoms with Crippen LogP contribution in [0.5, 0.6) is 0 Å². The van der Waals surface area contributed by atoms with Crippen LogP contribution in [0.4, 0.5) is 5.69 Å². The number of aryl methyl sites for hydroxylation is 1. The zero-order valence-corrected chi connectivity index (χ0v) is 19.3. The van der Waals surface area contributed by atoms with Crippen LogP contribution in [0, 0.1) is 28.7 Å². The fourth-order valence-electron chi connectivity index (χ4n) is 2.99. The van der Waals surface area contributed by atoms with E-state index in [1.165, 1.54) is 0 Å². The average Bonchev–Trinajstić information content (AvgIpc) is 2.97. The molecule has 0 saturated heterocycles. The van der Waals surface area contributed by atoms with E-state index in [0.29, 0.717) is 15.7 Å². The molecule has 3 aromatic rings. The lowest BCUT2D eigenvalue weighted by molar-refractivity contribution is -0.112. The summed E-state index contributed by atoms with van der Waals surface area (Å²) in [6.45, 7) is 3.87. The first kappa shape index (κ1) is 21.4. The van der Waals surface area contributed by atoms with Gasteiger partial charge in [-0.25, -0.2) is 0 Å². The van der Waals surface area contributed by atoms with Crippen LogP contribution in [0.25, 0.3) is 11.8 Å². The molecule has 1 heterocycles. The zero-order valence-electron chi connectivity index (χ0n) is 15.6. The van der Waals surface area contributed by atoms with Crippen molar-refractivity contribution in [1.29, 1.82) is 5.26 Å². The lowest BCUT2D eigenvalue weighted by atomic mass is 10.1. The van der Waals surface area contributed by atoms with E-state index in [0.717, 1.165) is 26.2 Å². The average molecular weight is 536 g/mol. The summed E-state index contributed by atoms with van der Waals surface area (Å²) < 4.78 is 3.06. The molecule has 7 heteroatoms. The van der Waals surface area contributed by atoms with Gasteiger partial charge in [-0.3, -0.25) is 4.79 Å². The minimum atomic E-state index is -0.451. The number of rotatable bonds is 4. The van der Waals surface area contributed by atoms with E-state index in [9.17, 15) is 10.1 Å². The number of amides is 1. The summed E-state index contributed by atoms with van der Waals surface area (Å²) in [6.07, 6.45) is 1.60. The summed E-state index contributed by atoms with van der Waals surface area (Å²) >= 11 is 14.4. The van der Waals surface area contributed by atoms with Crippen LogP contribution >= 0.6 is 45.8 Å². The molecule has 1 N–H and O–H groups in total. The Bertz CT molecular complexity index is 1160. The van der Waals surface area contributed by atoms with Crippen molar-refractivity contribution in [1.82, 2.24) is 4.57 Å². The Morgan fingerprint density at radius 3 is 2.41 bits per heavy atom. The highest BCUT2D eigenvalue weighted by atomic mass is 127. The van der Waals surface area contributed by atoms with Crippen molar-refractivity contribution in [2.45, 2.75) is 13.8 Å². The zero-order chi connectivity index (χ0) is 21.1. The number of nitrogens with one attached hydrogen (secondary N) is 1. The highest BCUT2D eigenvalue weighted by Crippen LogP contribution is 2.28. The van der Waals surface area contributed by atoms with Crippen molar-refractivity contribution in [3.05, 3.63) is 84.7 Å². The summed E-state index contributed by atoms with van der Waals surface area (Å²) in [5.74, 6) is -0.451. The van der Waals surface area contributed by atoms with Gasteiger partial charge >= 0.3 is 0 Å². The van der Waals surface area contributed by atoms with Crippen LogP contribution in [0.1, 0.15) is 17.0 Å². The predicted octanol–water partition coefficient (Wildman–Crippen LogP) is 6.55. The highest BCUT2D eigenvalue weighted by molar-refractivity contribution is 14.1. The van der Waals surface area contributed by atoms with Gasteiger partial charge in [0.2, 0.25) is 0 Å². The monoisotopic (exact) mass is 535 g/mol. The van der Waals surface area contributed by atoms with Crippen LogP contribution in [0.2, 0.25) is 10.0 Å². The van der Waals surface area contributed by atoms with Gasteiger partial charge in [-0.1, -0.05) is 23.2 Å². The number of carbonyl (C=O) groups is 1. The van der Waals surface area contributed by atoms with E-state index in [-0.39, 0.29) is 5.57 Å². The van der Waals surface area contributed by atoms with Gasteiger partial charge in [-0.2, -0.15) is 5.26 Å². The molecule has 29 heavy (non-hydrogen) atoms. The molecule has 1 amide bonds. The molecule has 0 atom stereocenters. The Morgan fingerprint density at radius 1 is 1.10 bits per heavy atom. The summed E-state index contributed by atoms with van der Waals surface area (Å²) in [5.41, 5.74) is 4.13. The van der Waals surface area contributed by atoms with E-state index < -0.39 is 5.91 Å². The summed E-state index contributed by atoms with van der Waals surface area (Å²) in [6, 6.07) is 16.7. The molecule has 0 radical (unpaired) electrons. The third-order valence-electron chi connectivity index (χ3n) is 4.40. The molecular formula is C22H16Cl2IN3O. The molecule has 0 aliphatic rings. The number of hydrogen-bond acceptors (Lipinski definition) is 2. The van der Waals surface area contributed by atoms with Gasteiger partial charge < -0.3 is 9.88 Å². The smallest absolute Gasteiger partial charge is 0.266 e. The fourth-order valence-corrected chi connectivity index (χ4v) is 3.64. The third-order valence-corrected chi connectivity index (χ3v) is 5.86. The highest BCUT2D eigenvalue weighted by Gasteiger charge is 2.14. The standard InChI is InChI=1S/C22H16Cl2IN3O/c1-13-9-15(14(2)28(13)19-7-8-20(23)21(24)11-19)10-16(12-26)22(29)27-18-5-3-17(25)4-6-18/h3-11H,1-2H3,(H,27,29)/b16-10+. The van der Waals surface area contributed by atoms with E-state index in [1.54, 1.807) is 30.3 Å². The molecule has 146 valence electrons. The number of hydrogen-bond donors (Lipinski definition) is 1. The van der Waals surface area contributed by atoms with E-state index in [2.05, 4.69) is 27.9 Å². The topological polar surface area (TPSA) is 57.8 Å². The molecular weight excluding hydrogens is 520 g/mol. The second kappa shape index (κ2) is 9.04. The quantitative estimate of drug-likeness (QED) is 0.234. The van der Waals surface area contributed by atoms with Crippen molar-refractivity contribution in [3.8, 4) is 11.8 Å². The maximum absolute atomic E-state index is 12.5. The predicted molar refractivity (Wildman–Crippen MR) is 127 cm³/mol.